The number of ether oxygens (including phenoxy) is 3. The van der Waals surface area contributed by atoms with Crippen molar-refractivity contribution >= 4 is 17.7 Å². The first-order valence-electron chi connectivity index (χ1n) is 7.63. The molecule has 1 unspecified atom stereocenters. The molecule has 1 aliphatic rings. The Morgan fingerprint density at radius 3 is 2.57 bits per heavy atom. The molecule has 6 nitrogen and oxygen atoms in total. The Balaban J connectivity index is 2.25. The zero-order chi connectivity index (χ0) is 17.0. The number of carbonyl (C=O) groups excluding carboxylic acids is 2. The summed E-state index contributed by atoms with van der Waals surface area (Å²) in [5.41, 5.74) is 1.09. The molecule has 0 aliphatic carbocycles. The average molecular weight is 321 g/mol. The van der Waals surface area contributed by atoms with E-state index in [1.165, 1.54) is 7.11 Å². The van der Waals surface area contributed by atoms with E-state index < -0.39 is 17.7 Å². The van der Waals surface area contributed by atoms with Crippen LogP contribution in [0, 0.1) is 0 Å². The van der Waals surface area contributed by atoms with Crippen LogP contribution < -0.4 is 5.32 Å². The molecule has 1 fully saturated rings. The van der Waals surface area contributed by atoms with Crippen LogP contribution in [0.4, 0.5) is 10.5 Å². The van der Waals surface area contributed by atoms with Crippen LogP contribution in [-0.4, -0.2) is 31.4 Å². The SMILES string of the molecule is COC(=O)c1cc(NC(=O)OC(C)(C)C)cc(C2CCCO2)c1. The summed E-state index contributed by atoms with van der Waals surface area (Å²) in [7, 11) is 1.32. The van der Waals surface area contributed by atoms with Gasteiger partial charge in [-0.05, 0) is 57.4 Å². The Bertz CT molecular complexity index is 585. The highest BCUT2D eigenvalue weighted by molar-refractivity contribution is 5.93. The minimum absolute atomic E-state index is 0.0706. The van der Waals surface area contributed by atoms with Gasteiger partial charge in [0.2, 0.25) is 0 Å². The molecule has 126 valence electrons. The Kier molecular flexibility index (Phi) is 5.26. The summed E-state index contributed by atoms with van der Waals surface area (Å²) >= 11 is 0. The number of benzene rings is 1. The van der Waals surface area contributed by atoms with Crippen molar-refractivity contribution in [3.8, 4) is 0 Å². The highest BCUT2D eigenvalue weighted by Crippen LogP contribution is 2.31. The predicted molar refractivity (Wildman–Crippen MR) is 85.6 cm³/mol. The fourth-order valence-corrected chi connectivity index (χ4v) is 2.41. The van der Waals surface area contributed by atoms with Crippen LogP contribution in [0.25, 0.3) is 0 Å². The van der Waals surface area contributed by atoms with Crippen LogP contribution in [0.15, 0.2) is 18.2 Å². The third kappa shape index (κ3) is 4.96. The van der Waals surface area contributed by atoms with E-state index in [4.69, 9.17) is 14.2 Å². The van der Waals surface area contributed by atoms with E-state index in [2.05, 4.69) is 5.32 Å². The number of carbonyl (C=O) groups is 2. The van der Waals surface area contributed by atoms with Gasteiger partial charge in [-0.15, -0.1) is 0 Å². The van der Waals surface area contributed by atoms with Gasteiger partial charge in [-0.3, -0.25) is 5.32 Å². The molecule has 1 heterocycles. The van der Waals surface area contributed by atoms with Gasteiger partial charge < -0.3 is 14.2 Å². The van der Waals surface area contributed by atoms with Crippen molar-refractivity contribution in [1.29, 1.82) is 0 Å². The van der Waals surface area contributed by atoms with Gasteiger partial charge in [-0.2, -0.15) is 0 Å². The summed E-state index contributed by atoms with van der Waals surface area (Å²) in [6, 6.07) is 5.10. The van der Waals surface area contributed by atoms with Crippen LogP contribution in [0.3, 0.4) is 0 Å². The fraction of sp³-hybridized carbons (Fsp3) is 0.529. The summed E-state index contributed by atoms with van der Waals surface area (Å²) < 4.78 is 15.7. The molecule has 1 atom stereocenters. The maximum Gasteiger partial charge on any atom is 0.412 e. The van der Waals surface area contributed by atoms with Crippen LogP contribution in [0.1, 0.15) is 55.6 Å². The van der Waals surface area contributed by atoms with Crippen molar-refractivity contribution in [1.82, 2.24) is 0 Å². The largest absolute Gasteiger partial charge is 0.465 e. The topological polar surface area (TPSA) is 73.9 Å². The third-order valence-electron chi connectivity index (χ3n) is 3.32. The summed E-state index contributed by atoms with van der Waals surface area (Å²) in [5.74, 6) is -0.461. The van der Waals surface area contributed by atoms with Crippen LogP contribution in [0.5, 0.6) is 0 Å². The molecule has 6 heteroatoms. The first kappa shape index (κ1) is 17.3. The van der Waals surface area contributed by atoms with Gasteiger partial charge in [-0.25, -0.2) is 9.59 Å². The summed E-state index contributed by atoms with van der Waals surface area (Å²) in [6.45, 7) is 6.06. The fourth-order valence-electron chi connectivity index (χ4n) is 2.41. The molecular weight excluding hydrogens is 298 g/mol. The van der Waals surface area contributed by atoms with E-state index in [1.807, 2.05) is 0 Å². The van der Waals surface area contributed by atoms with Crippen molar-refractivity contribution in [2.24, 2.45) is 0 Å². The summed E-state index contributed by atoms with van der Waals surface area (Å²) in [6.07, 6.45) is 1.22. The Morgan fingerprint density at radius 2 is 2.00 bits per heavy atom. The van der Waals surface area contributed by atoms with E-state index in [-0.39, 0.29) is 6.10 Å². The summed E-state index contributed by atoms with van der Waals surface area (Å²) in [5, 5.41) is 2.66. The van der Waals surface area contributed by atoms with Crippen LogP contribution in [-0.2, 0) is 14.2 Å². The predicted octanol–water partition coefficient (Wildman–Crippen LogP) is 3.67. The monoisotopic (exact) mass is 321 g/mol. The number of hydrogen-bond acceptors (Lipinski definition) is 5. The third-order valence-corrected chi connectivity index (χ3v) is 3.32. The molecule has 1 saturated heterocycles. The van der Waals surface area contributed by atoms with Gasteiger partial charge >= 0.3 is 12.1 Å². The van der Waals surface area contributed by atoms with Crippen molar-refractivity contribution < 1.29 is 23.8 Å². The number of anilines is 1. The highest BCUT2D eigenvalue weighted by Gasteiger charge is 2.22. The lowest BCUT2D eigenvalue weighted by Gasteiger charge is -2.20. The molecule has 1 aliphatic heterocycles. The normalized spacial score (nSPS) is 17.7. The zero-order valence-electron chi connectivity index (χ0n) is 14.0. The number of esters is 1. The van der Waals surface area contributed by atoms with E-state index in [9.17, 15) is 9.59 Å². The zero-order valence-corrected chi connectivity index (χ0v) is 14.0. The molecule has 1 aromatic carbocycles. The molecule has 1 N–H and O–H groups in total. The van der Waals surface area contributed by atoms with Crippen molar-refractivity contribution in [2.75, 3.05) is 19.0 Å². The number of nitrogens with one attached hydrogen (secondary N) is 1. The maximum absolute atomic E-state index is 11.9. The van der Waals surface area contributed by atoms with Crippen molar-refractivity contribution in [2.45, 2.75) is 45.3 Å². The lowest BCUT2D eigenvalue weighted by atomic mass is 10.0. The number of hydrogen-bond donors (Lipinski definition) is 1. The quantitative estimate of drug-likeness (QED) is 0.860. The first-order valence-corrected chi connectivity index (χ1v) is 7.63. The molecular formula is C17H23NO5. The molecule has 0 bridgehead atoms. The molecule has 0 aromatic heterocycles. The second kappa shape index (κ2) is 7.00. The van der Waals surface area contributed by atoms with Gasteiger partial charge in [0.15, 0.2) is 0 Å². The molecule has 0 spiro atoms. The lowest BCUT2D eigenvalue weighted by Crippen LogP contribution is -2.27. The van der Waals surface area contributed by atoms with Crippen molar-refractivity contribution in [3.05, 3.63) is 29.3 Å². The van der Waals surface area contributed by atoms with E-state index in [0.717, 1.165) is 18.4 Å². The Morgan fingerprint density at radius 1 is 1.26 bits per heavy atom. The number of methoxy groups -OCH3 is 1. The van der Waals surface area contributed by atoms with Crippen LogP contribution in [0.2, 0.25) is 0 Å². The molecule has 2 rings (SSSR count). The Labute approximate surface area is 136 Å². The molecule has 0 saturated carbocycles. The minimum atomic E-state index is -0.596. The second-order valence-corrected chi connectivity index (χ2v) is 6.46. The minimum Gasteiger partial charge on any atom is -0.465 e. The smallest absolute Gasteiger partial charge is 0.412 e. The van der Waals surface area contributed by atoms with Gasteiger partial charge in [0.05, 0.1) is 18.8 Å². The van der Waals surface area contributed by atoms with Crippen molar-refractivity contribution in [3.63, 3.8) is 0 Å². The van der Waals surface area contributed by atoms with E-state index >= 15 is 0 Å². The Hall–Kier alpha value is -2.08. The molecule has 0 radical (unpaired) electrons. The highest BCUT2D eigenvalue weighted by atomic mass is 16.6. The van der Waals surface area contributed by atoms with Gasteiger partial charge in [0.1, 0.15) is 5.60 Å². The average Bonchev–Trinajstić information content (AvgIpc) is 2.98. The summed E-state index contributed by atoms with van der Waals surface area (Å²) in [4.78, 5) is 23.8. The maximum atomic E-state index is 11.9. The molecule has 23 heavy (non-hydrogen) atoms. The van der Waals surface area contributed by atoms with E-state index in [0.29, 0.717) is 17.9 Å². The van der Waals surface area contributed by atoms with Gasteiger partial charge in [-0.1, -0.05) is 0 Å². The first-order chi connectivity index (χ1) is 10.8. The molecule has 1 amide bonds. The van der Waals surface area contributed by atoms with Gasteiger partial charge in [0.25, 0.3) is 0 Å². The number of amides is 1. The second-order valence-electron chi connectivity index (χ2n) is 6.46. The number of rotatable bonds is 3. The standard InChI is InChI=1S/C17H23NO5/c1-17(2,3)23-16(20)18-13-9-11(14-6-5-7-22-14)8-12(10-13)15(19)21-4/h8-10,14H,5-7H2,1-4H3,(H,18,20). The van der Waals surface area contributed by atoms with Crippen LogP contribution >= 0.6 is 0 Å². The van der Waals surface area contributed by atoms with Gasteiger partial charge in [0, 0.05) is 12.3 Å². The molecule has 1 aromatic rings. The lowest BCUT2D eigenvalue weighted by molar-refractivity contribution is 0.0595. The van der Waals surface area contributed by atoms with E-state index in [1.54, 1.807) is 39.0 Å².